The molecule has 1 fully saturated rings. The van der Waals surface area contributed by atoms with Gasteiger partial charge in [0.25, 0.3) is 0 Å². The lowest BCUT2D eigenvalue weighted by Gasteiger charge is -2.36. The molecule has 0 radical (unpaired) electrons. The molecule has 0 aromatic rings. The Labute approximate surface area is 96.4 Å². The van der Waals surface area contributed by atoms with Crippen LogP contribution in [-0.2, 0) is 9.53 Å². The number of methoxy groups -OCH3 is 1. The fraction of sp³-hybridized carbons (Fsp3) is 0.818. The van der Waals surface area contributed by atoms with Crippen molar-refractivity contribution in [2.75, 3.05) is 27.2 Å². The second-order valence-corrected chi connectivity index (χ2v) is 4.36. The Hall–Kier alpha value is -1.12. The Morgan fingerprint density at radius 1 is 1.56 bits per heavy atom. The molecule has 0 aromatic carbocycles. The first-order valence-corrected chi connectivity index (χ1v) is 5.47. The molecule has 1 aliphatic heterocycles. The van der Waals surface area contributed by atoms with Gasteiger partial charge in [0.15, 0.2) is 0 Å². The van der Waals surface area contributed by atoms with Gasteiger partial charge in [-0.05, 0) is 26.8 Å². The van der Waals surface area contributed by atoms with Crippen molar-refractivity contribution < 1.29 is 9.53 Å². The summed E-state index contributed by atoms with van der Waals surface area (Å²) in [6.07, 6.45) is 0.828. The van der Waals surface area contributed by atoms with Crippen molar-refractivity contribution in [3.05, 3.63) is 0 Å². The number of nitrogens with one attached hydrogen (secondary N) is 1. The summed E-state index contributed by atoms with van der Waals surface area (Å²) in [6, 6.07) is 2.23. The van der Waals surface area contributed by atoms with Crippen molar-refractivity contribution in [3.8, 4) is 6.07 Å². The zero-order valence-corrected chi connectivity index (χ0v) is 10.1. The quantitative estimate of drug-likeness (QED) is 0.741. The summed E-state index contributed by atoms with van der Waals surface area (Å²) >= 11 is 0. The van der Waals surface area contributed by atoms with Gasteiger partial charge < -0.3 is 15.0 Å². The highest BCUT2D eigenvalue weighted by Gasteiger charge is 2.36. The Balaban J connectivity index is 2.62. The van der Waals surface area contributed by atoms with Crippen molar-refractivity contribution >= 4 is 5.91 Å². The molecule has 0 spiro atoms. The predicted molar refractivity (Wildman–Crippen MR) is 59.7 cm³/mol. The monoisotopic (exact) mass is 225 g/mol. The molecule has 1 aliphatic rings. The highest BCUT2D eigenvalue weighted by atomic mass is 16.5. The minimum Gasteiger partial charge on any atom is -0.372 e. The van der Waals surface area contributed by atoms with Gasteiger partial charge in [0, 0.05) is 20.2 Å². The molecule has 1 atom stereocenters. The number of nitrogens with zero attached hydrogens (tertiary/aromatic N) is 2. The maximum Gasteiger partial charge on any atom is 0.250 e. The van der Waals surface area contributed by atoms with Crippen LogP contribution >= 0.6 is 0 Å². The van der Waals surface area contributed by atoms with Gasteiger partial charge in [-0.2, -0.15) is 5.26 Å². The topological polar surface area (TPSA) is 65.4 Å². The Morgan fingerprint density at radius 2 is 2.12 bits per heavy atom. The highest BCUT2D eigenvalue weighted by Crippen LogP contribution is 2.20. The van der Waals surface area contributed by atoms with Crippen LogP contribution in [0.15, 0.2) is 0 Å². The van der Waals surface area contributed by atoms with E-state index < -0.39 is 11.6 Å². The molecule has 0 saturated carbocycles. The van der Waals surface area contributed by atoms with Crippen LogP contribution in [0.3, 0.4) is 0 Å². The van der Waals surface area contributed by atoms with Gasteiger partial charge in [0.2, 0.25) is 5.91 Å². The zero-order chi connectivity index (χ0) is 12.2. The van der Waals surface area contributed by atoms with Gasteiger partial charge in [-0.1, -0.05) is 0 Å². The molecule has 1 N–H and O–H groups in total. The first-order valence-electron chi connectivity index (χ1n) is 5.47. The number of amides is 1. The summed E-state index contributed by atoms with van der Waals surface area (Å²) in [7, 11) is 3.50. The van der Waals surface area contributed by atoms with Crippen LogP contribution < -0.4 is 5.32 Å². The molecule has 1 amide bonds. The second kappa shape index (κ2) is 5.28. The largest absolute Gasteiger partial charge is 0.372 e. The molecule has 1 rings (SSSR count). The molecular weight excluding hydrogens is 206 g/mol. The predicted octanol–water partition coefficient (Wildman–Crippen LogP) is 0.125. The van der Waals surface area contributed by atoms with Crippen LogP contribution in [0.5, 0.6) is 0 Å². The van der Waals surface area contributed by atoms with Crippen LogP contribution in [0, 0.1) is 11.3 Å². The molecule has 0 aliphatic carbocycles. The lowest BCUT2D eigenvalue weighted by atomic mass is 9.89. The zero-order valence-electron chi connectivity index (χ0n) is 10.1. The van der Waals surface area contributed by atoms with Crippen molar-refractivity contribution in [1.29, 1.82) is 5.26 Å². The molecule has 1 saturated heterocycles. The summed E-state index contributed by atoms with van der Waals surface area (Å²) in [5, 5.41) is 12.0. The maximum atomic E-state index is 11.7. The lowest BCUT2D eigenvalue weighted by Crippen LogP contribution is -2.55. The average molecular weight is 225 g/mol. The molecule has 5 heteroatoms. The van der Waals surface area contributed by atoms with E-state index in [1.807, 2.05) is 7.05 Å². The molecule has 90 valence electrons. The minimum atomic E-state index is -0.712. The number of hydrogen-bond donors (Lipinski definition) is 1. The van der Waals surface area contributed by atoms with Crippen molar-refractivity contribution in [2.45, 2.75) is 31.4 Å². The molecule has 1 heterocycles. The highest BCUT2D eigenvalue weighted by molar-refractivity contribution is 5.81. The normalized spacial score (nSPS) is 22.1. The van der Waals surface area contributed by atoms with E-state index >= 15 is 0 Å². The number of nitriles is 1. The SMILES string of the molecule is COC(C)C(=O)NC1(C#N)CCN(C)CC1. The van der Waals surface area contributed by atoms with Crippen LogP contribution in [-0.4, -0.2) is 49.7 Å². The van der Waals surface area contributed by atoms with E-state index in [0.29, 0.717) is 12.8 Å². The van der Waals surface area contributed by atoms with Gasteiger partial charge >= 0.3 is 0 Å². The number of piperidine rings is 1. The Kier molecular flexibility index (Phi) is 4.27. The minimum absolute atomic E-state index is 0.214. The summed E-state index contributed by atoms with van der Waals surface area (Å²) in [4.78, 5) is 13.8. The first-order chi connectivity index (χ1) is 7.53. The fourth-order valence-corrected chi connectivity index (χ4v) is 1.71. The van der Waals surface area contributed by atoms with Crippen LogP contribution in [0.1, 0.15) is 19.8 Å². The number of ether oxygens (including phenoxy) is 1. The molecule has 16 heavy (non-hydrogen) atoms. The third kappa shape index (κ3) is 2.94. The maximum absolute atomic E-state index is 11.7. The van der Waals surface area contributed by atoms with Crippen molar-refractivity contribution in [3.63, 3.8) is 0 Å². The van der Waals surface area contributed by atoms with Gasteiger partial charge in [-0.15, -0.1) is 0 Å². The first kappa shape index (κ1) is 12.9. The fourth-order valence-electron chi connectivity index (χ4n) is 1.71. The van der Waals surface area contributed by atoms with Crippen LogP contribution in [0.2, 0.25) is 0 Å². The summed E-state index contributed by atoms with van der Waals surface area (Å²) in [5.74, 6) is -0.214. The van der Waals surface area contributed by atoms with Crippen LogP contribution in [0.4, 0.5) is 0 Å². The van der Waals surface area contributed by atoms with E-state index in [2.05, 4.69) is 16.3 Å². The number of hydrogen-bond acceptors (Lipinski definition) is 4. The van der Waals surface area contributed by atoms with Crippen molar-refractivity contribution in [2.24, 2.45) is 0 Å². The number of carbonyl (C=O) groups excluding carboxylic acids is 1. The van der Waals surface area contributed by atoms with Crippen LogP contribution in [0.25, 0.3) is 0 Å². The Bertz CT molecular complexity index is 290. The smallest absolute Gasteiger partial charge is 0.250 e. The molecule has 1 unspecified atom stereocenters. The third-order valence-electron chi connectivity index (χ3n) is 3.14. The summed E-state index contributed by atoms with van der Waals surface area (Å²) in [6.45, 7) is 3.33. The van der Waals surface area contributed by atoms with E-state index in [1.165, 1.54) is 7.11 Å². The van der Waals surface area contributed by atoms with E-state index in [-0.39, 0.29) is 5.91 Å². The molecule has 0 aromatic heterocycles. The average Bonchev–Trinajstić information content (AvgIpc) is 2.31. The van der Waals surface area contributed by atoms with Gasteiger partial charge in [-0.25, -0.2) is 0 Å². The Morgan fingerprint density at radius 3 is 2.56 bits per heavy atom. The number of rotatable bonds is 3. The van der Waals surface area contributed by atoms with Gasteiger partial charge in [0.1, 0.15) is 11.6 Å². The third-order valence-corrected chi connectivity index (χ3v) is 3.14. The second-order valence-electron chi connectivity index (χ2n) is 4.36. The molecule has 5 nitrogen and oxygen atoms in total. The van der Waals surface area contributed by atoms with E-state index in [0.717, 1.165) is 13.1 Å². The van der Waals surface area contributed by atoms with E-state index in [9.17, 15) is 10.1 Å². The standard InChI is InChI=1S/C11H19N3O2/c1-9(16-3)10(15)13-11(8-12)4-6-14(2)7-5-11/h9H,4-7H2,1-3H3,(H,13,15). The van der Waals surface area contributed by atoms with E-state index in [4.69, 9.17) is 4.74 Å². The van der Waals surface area contributed by atoms with E-state index in [1.54, 1.807) is 6.92 Å². The summed E-state index contributed by atoms with van der Waals surface area (Å²) in [5.41, 5.74) is -0.712. The van der Waals surface area contributed by atoms with Gasteiger partial charge in [0.05, 0.1) is 6.07 Å². The number of carbonyl (C=O) groups is 1. The molecular formula is C11H19N3O2. The number of likely N-dealkylation sites (tertiary alicyclic amines) is 1. The van der Waals surface area contributed by atoms with Crippen molar-refractivity contribution in [1.82, 2.24) is 10.2 Å². The lowest BCUT2D eigenvalue weighted by molar-refractivity contribution is -0.131. The summed E-state index contributed by atoms with van der Waals surface area (Å²) < 4.78 is 4.93. The molecule has 0 bridgehead atoms. The van der Waals surface area contributed by atoms with Gasteiger partial charge in [-0.3, -0.25) is 4.79 Å².